The van der Waals surface area contributed by atoms with E-state index in [1.807, 2.05) is 0 Å². The van der Waals surface area contributed by atoms with Crippen LogP contribution in [0.3, 0.4) is 0 Å². The van der Waals surface area contributed by atoms with Crippen molar-refractivity contribution >= 4 is 17.6 Å². The SMILES string of the molecule is Cc1ccc(C(=O)OCC(C)(COCCOCC(C)(COCC(F)(F)C(F)(F)F)COC(=O)c2ccc(N)cc2)COCC(F)(F)C(F)(F)F)cc1. The summed E-state index contributed by atoms with van der Waals surface area (Å²) in [5, 5.41) is 0. The number of hydrogen-bond donors (Lipinski definition) is 1. The Kier molecular flexibility index (Phi) is 15.7. The van der Waals surface area contributed by atoms with Gasteiger partial charge < -0.3 is 34.2 Å². The van der Waals surface area contributed by atoms with Crippen molar-refractivity contribution in [2.24, 2.45) is 10.8 Å². The van der Waals surface area contributed by atoms with Crippen LogP contribution in [-0.2, 0) is 28.4 Å². The van der Waals surface area contributed by atoms with Gasteiger partial charge in [-0.1, -0.05) is 31.5 Å². The second-order valence-corrected chi connectivity index (χ2v) is 12.8. The van der Waals surface area contributed by atoms with Crippen molar-refractivity contribution in [3.63, 3.8) is 0 Å². The molecular weight excluding hydrogens is 728 g/mol. The van der Waals surface area contributed by atoms with Gasteiger partial charge in [-0.2, -0.15) is 43.9 Å². The Labute approximate surface area is 292 Å². The van der Waals surface area contributed by atoms with Crippen LogP contribution in [0, 0.1) is 17.8 Å². The average Bonchev–Trinajstić information content (AvgIpc) is 3.04. The van der Waals surface area contributed by atoms with Crippen LogP contribution in [0.25, 0.3) is 0 Å². The number of hydrogen-bond acceptors (Lipinski definition) is 9. The summed E-state index contributed by atoms with van der Waals surface area (Å²) in [6.07, 6.45) is -11.8. The van der Waals surface area contributed by atoms with Crippen molar-refractivity contribution in [2.45, 2.75) is 45.0 Å². The fourth-order valence-electron chi connectivity index (χ4n) is 3.97. The number of alkyl halides is 10. The Hall–Kier alpha value is -3.68. The van der Waals surface area contributed by atoms with Crippen LogP contribution in [-0.4, -0.2) is 102 Å². The van der Waals surface area contributed by atoms with Gasteiger partial charge in [0.25, 0.3) is 0 Å². The van der Waals surface area contributed by atoms with Gasteiger partial charge in [0.05, 0.1) is 50.8 Å². The normalized spacial score (nSPS) is 15.1. The van der Waals surface area contributed by atoms with Crippen molar-refractivity contribution in [1.82, 2.24) is 0 Å². The molecule has 0 fully saturated rings. The fourth-order valence-corrected chi connectivity index (χ4v) is 3.97. The summed E-state index contributed by atoms with van der Waals surface area (Å²) in [7, 11) is 0. The first-order valence-corrected chi connectivity index (χ1v) is 15.4. The lowest BCUT2D eigenvalue weighted by atomic mass is 9.94. The van der Waals surface area contributed by atoms with Gasteiger partial charge in [-0.25, -0.2) is 9.59 Å². The molecule has 0 aliphatic heterocycles. The minimum absolute atomic E-state index is 0.0640. The van der Waals surface area contributed by atoms with E-state index < -0.39 is 99.8 Å². The van der Waals surface area contributed by atoms with Crippen LogP contribution in [0.5, 0.6) is 0 Å². The van der Waals surface area contributed by atoms with Crippen LogP contribution in [0.4, 0.5) is 49.6 Å². The third kappa shape index (κ3) is 14.4. The van der Waals surface area contributed by atoms with Crippen molar-refractivity contribution in [3.05, 3.63) is 65.2 Å². The molecular formula is C33H39F10NO8. The topological polar surface area (TPSA) is 116 Å². The Balaban J connectivity index is 2.02. The zero-order valence-corrected chi connectivity index (χ0v) is 28.3. The third-order valence-electron chi connectivity index (χ3n) is 7.11. The molecule has 0 saturated carbocycles. The van der Waals surface area contributed by atoms with E-state index in [1.54, 1.807) is 19.1 Å². The highest BCUT2D eigenvalue weighted by molar-refractivity contribution is 5.90. The summed E-state index contributed by atoms with van der Waals surface area (Å²) in [6.45, 7) is -3.65. The number of ether oxygens (including phenoxy) is 6. The zero-order chi connectivity index (χ0) is 39.4. The Morgan fingerprint density at radius 3 is 1.19 bits per heavy atom. The predicted molar refractivity (Wildman–Crippen MR) is 164 cm³/mol. The molecule has 0 aliphatic carbocycles. The molecule has 0 amide bonds. The number of nitrogens with two attached hydrogens (primary N) is 1. The Bertz CT molecular complexity index is 1310. The summed E-state index contributed by atoms with van der Waals surface area (Å²) in [6, 6.07) is 11.7. The molecule has 294 valence electrons. The molecule has 0 saturated heterocycles. The van der Waals surface area contributed by atoms with Crippen LogP contribution >= 0.6 is 0 Å². The first-order chi connectivity index (χ1) is 23.9. The van der Waals surface area contributed by atoms with E-state index in [4.69, 9.17) is 24.7 Å². The van der Waals surface area contributed by atoms with Crippen LogP contribution < -0.4 is 5.73 Å². The van der Waals surface area contributed by atoms with Gasteiger partial charge in [0.2, 0.25) is 0 Å². The van der Waals surface area contributed by atoms with E-state index in [0.29, 0.717) is 5.69 Å². The first-order valence-electron chi connectivity index (χ1n) is 15.4. The monoisotopic (exact) mass is 767 g/mol. The molecule has 2 aromatic carbocycles. The fraction of sp³-hybridized carbons (Fsp3) is 0.576. The highest BCUT2D eigenvalue weighted by Gasteiger charge is 2.58. The van der Waals surface area contributed by atoms with Crippen molar-refractivity contribution < 1.29 is 81.9 Å². The smallest absolute Gasteiger partial charge is 0.455 e. The van der Waals surface area contributed by atoms with Crippen molar-refractivity contribution in [1.29, 1.82) is 0 Å². The van der Waals surface area contributed by atoms with Gasteiger partial charge in [-0.05, 0) is 43.3 Å². The minimum Gasteiger partial charge on any atom is -0.461 e. The van der Waals surface area contributed by atoms with Crippen LogP contribution in [0.1, 0.15) is 40.1 Å². The standard InChI is InChI=1S/C33H39F10NO8/c1-22-4-6-23(7-5-22)26(45)51-18-28(2,16-49-20-30(34,35)32(38,39)40)14-47-12-13-48-15-29(3,17-50-21-31(36,37)33(41,42)43)19-52-27(46)24-8-10-25(44)11-9-24/h4-11H,12-21,44H2,1-3H3. The summed E-state index contributed by atoms with van der Waals surface area (Å²) in [5.74, 6) is -12.0. The molecule has 2 unspecified atom stereocenters. The highest BCUT2D eigenvalue weighted by atomic mass is 19.4. The minimum atomic E-state index is -5.88. The summed E-state index contributed by atoms with van der Waals surface area (Å²) in [5.41, 5.74) is 4.04. The van der Waals surface area contributed by atoms with Gasteiger partial charge >= 0.3 is 36.1 Å². The number of benzene rings is 2. The molecule has 0 radical (unpaired) electrons. The van der Waals surface area contributed by atoms with Gasteiger partial charge in [0, 0.05) is 16.5 Å². The number of rotatable bonds is 21. The summed E-state index contributed by atoms with van der Waals surface area (Å²) in [4.78, 5) is 25.0. The van der Waals surface area contributed by atoms with Gasteiger partial charge in [-0.15, -0.1) is 0 Å². The number of anilines is 1. The van der Waals surface area contributed by atoms with Gasteiger partial charge in [-0.3, -0.25) is 0 Å². The molecule has 0 heterocycles. The van der Waals surface area contributed by atoms with E-state index in [1.165, 1.54) is 50.2 Å². The van der Waals surface area contributed by atoms with E-state index in [9.17, 15) is 53.5 Å². The molecule has 52 heavy (non-hydrogen) atoms. The second kappa shape index (κ2) is 18.4. The van der Waals surface area contributed by atoms with Gasteiger partial charge in [0.15, 0.2) is 0 Å². The molecule has 2 atom stereocenters. The lowest BCUT2D eigenvalue weighted by molar-refractivity contribution is -0.299. The van der Waals surface area contributed by atoms with E-state index in [2.05, 4.69) is 9.47 Å². The molecule has 2 N–H and O–H groups in total. The molecule has 2 aromatic rings. The predicted octanol–water partition coefficient (Wildman–Crippen LogP) is 7.07. The van der Waals surface area contributed by atoms with E-state index >= 15 is 0 Å². The zero-order valence-electron chi connectivity index (χ0n) is 28.3. The molecule has 0 spiro atoms. The largest absolute Gasteiger partial charge is 0.461 e. The average molecular weight is 768 g/mol. The molecule has 0 aromatic heterocycles. The molecule has 2 rings (SSSR count). The molecule has 9 nitrogen and oxygen atoms in total. The number of nitrogen functional groups attached to an aromatic ring is 1. The Morgan fingerprint density at radius 2 is 0.846 bits per heavy atom. The first kappa shape index (κ1) is 44.5. The molecule has 19 heteroatoms. The highest BCUT2D eigenvalue weighted by Crippen LogP contribution is 2.37. The number of carbonyl (C=O) groups is 2. The number of aryl methyl sites for hydroxylation is 1. The second-order valence-electron chi connectivity index (χ2n) is 12.8. The van der Waals surface area contributed by atoms with Gasteiger partial charge in [0.1, 0.15) is 26.4 Å². The lowest BCUT2D eigenvalue weighted by Crippen LogP contribution is -2.43. The summed E-state index contributed by atoms with van der Waals surface area (Å²) < 4.78 is 160. The maximum Gasteiger partial charge on any atom is 0.455 e. The number of carbonyl (C=O) groups excluding carboxylic acids is 2. The third-order valence-corrected chi connectivity index (χ3v) is 7.11. The maximum atomic E-state index is 13.4. The number of halogens is 10. The van der Waals surface area contributed by atoms with Crippen molar-refractivity contribution in [2.75, 3.05) is 71.8 Å². The lowest BCUT2D eigenvalue weighted by Gasteiger charge is -2.31. The van der Waals surface area contributed by atoms with Crippen molar-refractivity contribution in [3.8, 4) is 0 Å². The summed E-state index contributed by atoms with van der Waals surface area (Å²) >= 11 is 0. The number of esters is 2. The van der Waals surface area contributed by atoms with E-state index in [-0.39, 0.29) is 24.3 Å². The van der Waals surface area contributed by atoms with Crippen LogP contribution in [0.2, 0.25) is 0 Å². The maximum absolute atomic E-state index is 13.4. The molecule has 0 bridgehead atoms. The van der Waals surface area contributed by atoms with E-state index in [0.717, 1.165) is 5.56 Å². The van der Waals surface area contributed by atoms with Crippen LogP contribution in [0.15, 0.2) is 48.5 Å². The quantitative estimate of drug-likeness (QED) is 0.0617. The molecule has 0 aliphatic rings. The Morgan fingerprint density at radius 1 is 0.519 bits per heavy atom.